The molecule has 0 aliphatic heterocycles. The molecule has 4 rings (SSSR count). The van der Waals surface area contributed by atoms with Crippen molar-refractivity contribution in [1.82, 2.24) is 0 Å². The van der Waals surface area contributed by atoms with Gasteiger partial charge in [-0.3, -0.25) is 0 Å². The van der Waals surface area contributed by atoms with E-state index in [2.05, 4.69) is 13.0 Å². The molecule has 3 aliphatic carbocycles. The van der Waals surface area contributed by atoms with E-state index in [-0.39, 0.29) is 5.41 Å². The zero-order valence-corrected chi connectivity index (χ0v) is 13.2. The summed E-state index contributed by atoms with van der Waals surface area (Å²) in [7, 11) is 0.253. The van der Waals surface area contributed by atoms with E-state index in [9.17, 15) is 10.0 Å². The molecule has 116 valence electrons. The molecule has 2 saturated carbocycles. The Morgan fingerprint density at radius 1 is 1.27 bits per heavy atom. The van der Waals surface area contributed by atoms with E-state index >= 15 is 0 Å². The smallest absolute Gasteiger partial charge is 0.488 e. The van der Waals surface area contributed by atoms with Crippen molar-refractivity contribution in [1.29, 1.82) is 0 Å². The van der Waals surface area contributed by atoms with E-state index in [1.165, 1.54) is 19.3 Å². The lowest BCUT2D eigenvalue weighted by atomic mass is 9.65. The summed E-state index contributed by atoms with van der Waals surface area (Å²) < 4.78 is 5.57. The highest BCUT2D eigenvalue weighted by atomic mass is 16.5. The first kappa shape index (κ1) is 14.3. The van der Waals surface area contributed by atoms with Crippen LogP contribution >= 0.6 is 0 Å². The number of hydrogen-bond donors (Lipinski definition) is 2. The lowest BCUT2D eigenvalue weighted by Gasteiger charge is -2.39. The van der Waals surface area contributed by atoms with Gasteiger partial charge in [0.1, 0.15) is 5.75 Å². The standard InChI is InChI=1S/C18H23BO3/c1-18(9-11-5-12-7-13(10-18)15(12)6-11)16-8-14(19(20)21)3-4-17(16)22-2/h3-4,8,10-12,15,20-21H,5-7,9H2,1-2H3. The van der Waals surface area contributed by atoms with Gasteiger partial charge in [-0.25, -0.2) is 0 Å². The molecule has 0 radical (unpaired) electrons. The van der Waals surface area contributed by atoms with Crippen molar-refractivity contribution >= 4 is 12.6 Å². The minimum Gasteiger partial charge on any atom is -0.496 e. The highest BCUT2D eigenvalue weighted by Gasteiger charge is 2.49. The van der Waals surface area contributed by atoms with Crippen molar-refractivity contribution in [3.63, 3.8) is 0 Å². The van der Waals surface area contributed by atoms with Crippen LogP contribution in [0.3, 0.4) is 0 Å². The number of allylic oxidation sites excluding steroid dienone is 2. The summed E-state index contributed by atoms with van der Waals surface area (Å²) in [6.45, 7) is 2.28. The van der Waals surface area contributed by atoms with Gasteiger partial charge >= 0.3 is 7.12 Å². The first-order valence-corrected chi connectivity index (χ1v) is 8.26. The molecule has 0 heterocycles. The third-order valence-electron chi connectivity index (χ3n) is 6.12. The van der Waals surface area contributed by atoms with Gasteiger partial charge in [0.05, 0.1) is 7.11 Å². The summed E-state index contributed by atoms with van der Waals surface area (Å²) in [5.74, 6) is 3.39. The second kappa shape index (κ2) is 4.87. The summed E-state index contributed by atoms with van der Waals surface area (Å²) in [5.41, 5.74) is 3.17. The second-order valence-electron chi connectivity index (χ2n) is 7.58. The van der Waals surface area contributed by atoms with Crippen molar-refractivity contribution < 1.29 is 14.8 Å². The molecule has 3 nitrogen and oxygen atoms in total. The van der Waals surface area contributed by atoms with Crippen LogP contribution in [0.15, 0.2) is 29.8 Å². The Morgan fingerprint density at radius 2 is 2.09 bits per heavy atom. The van der Waals surface area contributed by atoms with Crippen LogP contribution < -0.4 is 10.2 Å². The lowest BCUT2D eigenvalue weighted by Crippen LogP contribution is -2.33. The number of rotatable bonds is 3. The minimum absolute atomic E-state index is 0.0730. The Morgan fingerprint density at radius 3 is 2.82 bits per heavy atom. The van der Waals surface area contributed by atoms with Gasteiger partial charge in [-0.2, -0.15) is 0 Å². The molecule has 2 N–H and O–H groups in total. The van der Waals surface area contributed by atoms with Gasteiger partial charge in [0.15, 0.2) is 0 Å². The van der Waals surface area contributed by atoms with Gasteiger partial charge < -0.3 is 14.8 Å². The van der Waals surface area contributed by atoms with Gasteiger partial charge in [0.2, 0.25) is 0 Å². The normalized spacial score (nSPS) is 35.5. The maximum atomic E-state index is 9.51. The molecule has 4 atom stereocenters. The SMILES string of the molecule is COc1ccc(B(O)O)cc1C1(C)C=C2CC3CC(CC23)C1. The topological polar surface area (TPSA) is 49.7 Å². The fraction of sp³-hybridized carbons (Fsp3) is 0.556. The Kier molecular flexibility index (Phi) is 3.18. The van der Waals surface area contributed by atoms with Crippen LogP contribution in [0.2, 0.25) is 0 Å². The molecule has 0 saturated heterocycles. The first-order chi connectivity index (χ1) is 10.5. The first-order valence-electron chi connectivity index (χ1n) is 8.26. The fourth-order valence-electron chi connectivity index (χ4n) is 5.13. The summed E-state index contributed by atoms with van der Waals surface area (Å²) in [4.78, 5) is 0. The Hall–Kier alpha value is -1.26. The molecular weight excluding hydrogens is 275 g/mol. The Labute approximate surface area is 132 Å². The van der Waals surface area contributed by atoms with Crippen molar-refractivity contribution in [2.75, 3.05) is 7.11 Å². The van der Waals surface area contributed by atoms with Crippen LogP contribution in [0.25, 0.3) is 0 Å². The highest BCUT2D eigenvalue weighted by molar-refractivity contribution is 6.58. The predicted octanol–water partition coefficient (Wildman–Crippen LogP) is 2.01. The van der Waals surface area contributed by atoms with Crippen molar-refractivity contribution in [3.05, 3.63) is 35.4 Å². The lowest BCUT2D eigenvalue weighted by molar-refractivity contribution is 0.305. The Bertz CT molecular complexity index is 639. The predicted molar refractivity (Wildman–Crippen MR) is 87.2 cm³/mol. The van der Waals surface area contributed by atoms with E-state index in [1.54, 1.807) is 18.7 Å². The molecule has 0 aromatic heterocycles. The quantitative estimate of drug-likeness (QED) is 0.663. The molecule has 22 heavy (non-hydrogen) atoms. The summed E-state index contributed by atoms with van der Waals surface area (Å²) in [6.07, 6.45) is 7.56. The molecule has 4 heteroatoms. The summed E-state index contributed by atoms with van der Waals surface area (Å²) >= 11 is 0. The maximum Gasteiger partial charge on any atom is 0.488 e. The fourth-order valence-corrected chi connectivity index (χ4v) is 5.13. The van der Waals surface area contributed by atoms with Crippen LogP contribution in [-0.4, -0.2) is 24.3 Å². The van der Waals surface area contributed by atoms with Gasteiger partial charge in [0, 0.05) is 11.0 Å². The van der Waals surface area contributed by atoms with Crippen LogP contribution in [0, 0.1) is 17.8 Å². The van der Waals surface area contributed by atoms with E-state index in [1.807, 2.05) is 12.1 Å². The van der Waals surface area contributed by atoms with Gasteiger partial charge in [-0.1, -0.05) is 30.7 Å². The van der Waals surface area contributed by atoms with E-state index in [4.69, 9.17) is 4.74 Å². The number of ether oxygens (including phenoxy) is 1. The molecule has 1 aromatic rings. The number of hydrogen-bond acceptors (Lipinski definition) is 3. The molecule has 2 bridgehead atoms. The average Bonchev–Trinajstić information content (AvgIpc) is 2.73. The maximum absolute atomic E-state index is 9.51. The number of benzene rings is 1. The zero-order chi connectivity index (χ0) is 15.5. The highest BCUT2D eigenvalue weighted by Crippen LogP contribution is 2.59. The van der Waals surface area contributed by atoms with Gasteiger partial charge in [-0.05, 0) is 55.0 Å². The molecule has 1 aromatic carbocycles. The average molecular weight is 298 g/mol. The van der Waals surface area contributed by atoms with Crippen LogP contribution in [0.4, 0.5) is 0 Å². The molecule has 0 amide bonds. The van der Waals surface area contributed by atoms with Crippen LogP contribution in [-0.2, 0) is 5.41 Å². The summed E-state index contributed by atoms with van der Waals surface area (Å²) in [6, 6.07) is 5.50. The van der Waals surface area contributed by atoms with Crippen LogP contribution in [0.5, 0.6) is 5.75 Å². The second-order valence-corrected chi connectivity index (χ2v) is 7.58. The van der Waals surface area contributed by atoms with E-state index in [0.717, 1.165) is 35.5 Å². The molecule has 3 aliphatic rings. The number of methoxy groups -OCH3 is 1. The summed E-state index contributed by atoms with van der Waals surface area (Å²) in [5, 5.41) is 19.0. The Balaban J connectivity index is 1.81. The molecular formula is C18H23BO3. The molecule has 2 fully saturated rings. The third kappa shape index (κ3) is 2.04. The molecule has 0 spiro atoms. The monoisotopic (exact) mass is 298 g/mol. The van der Waals surface area contributed by atoms with Crippen molar-refractivity contribution in [3.8, 4) is 5.75 Å². The van der Waals surface area contributed by atoms with Gasteiger partial charge in [-0.15, -0.1) is 0 Å². The van der Waals surface area contributed by atoms with E-state index < -0.39 is 7.12 Å². The van der Waals surface area contributed by atoms with Crippen molar-refractivity contribution in [2.24, 2.45) is 17.8 Å². The third-order valence-corrected chi connectivity index (χ3v) is 6.12. The van der Waals surface area contributed by atoms with Gasteiger partial charge in [0.25, 0.3) is 0 Å². The van der Waals surface area contributed by atoms with E-state index in [0.29, 0.717) is 5.46 Å². The van der Waals surface area contributed by atoms with Crippen molar-refractivity contribution in [2.45, 2.75) is 38.0 Å². The minimum atomic E-state index is -1.43. The largest absolute Gasteiger partial charge is 0.496 e. The molecule has 4 unspecified atom stereocenters. The zero-order valence-electron chi connectivity index (χ0n) is 13.2. The number of fused-ring (bicyclic) bond motifs is 1. The van der Waals surface area contributed by atoms with Crippen LogP contribution in [0.1, 0.15) is 38.2 Å².